The van der Waals surface area contributed by atoms with Crippen LogP contribution in [0.1, 0.15) is 91.4 Å². The summed E-state index contributed by atoms with van der Waals surface area (Å²) in [5.74, 6) is 10.8. The van der Waals surface area contributed by atoms with Crippen molar-refractivity contribution in [3.8, 4) is 0 Å². The Morgan fingerprint density at radius 3 is 2.25 bits per heavy atom. The van der Waals surface area contributed by atoms with E-state index in [0.29, 0.717) is 0 Å². The molecule has 0 amide bonds. The van der Waals surface area contributed by atoms with Gasteiger partial charge in [0.2, 0.25) is 0 Å². The van der Waals surface area contributed by atoms with Crippen LogP contribution in [-0.4, -0.2) is 24.5 Å². The number of rotatable bonds is 8. The number of nitrogens with zero attached hydrogens (tertiary/aromatic N) is 1. The highest BCUT2D eigenvalue weighted by atomic mass is 15.1. The first-order valence-corrected chi connectivity index (χ1v) is 13.4. The van der Waals surface area contributed by atoms with Crippen LogP contribution in [0.5, 0.6) is 0 Å². The highest BCUT2D eigenvalue weighted by Crippen LogP contribution is 2.63. The van der Waals surface area contributed by atoms with Gasteiger partial charge < -0.3 is 4.90 Å². The molecule has 0 aromatic carbocycles. The van der Waals surface area contributed by atoms with Gasteiger partial charge in [-0.3, -0.25) is 0 Å². The molecular weight excluding hydrogens is 338 g/mol. The molecule has 1 saturated heterocycles. The maximum Gasteiger partial charge on any atom is 0.00125 e. The fourth-order valence-electron chi connectivity index (χ4n) is 7.92. The van der Waals surface area contributed by atoms with Crippen LogP contribution >= 0.6 is 0 Å². The van der Waals surface area contributed by atoms with Gasteiger partial charge in [0.05, 0.1) is 0 Å². The molecule has 0 aromatic rings. The van der Waals surface area contributed by atoms with E-state index in [1.165, 1.54) is 63.6 Å². The predicted octanol–water partition coefficient (Wildman–Crippen LogP) is 6.87. The average Bonchev–Trinajstić information content (AvgIpc) is 3.52. The van der Waals surface area contributed by atoms with Gasteiger partial charge in [0.1, 0.15) is 0 Å². The second-order valence-corrected chi connectivity index (χ2v) is 12.1. The first kappa shape index (κ1) is 19.9. The Bertz CT molecular complexity index is 524. The van der Waals surface area contributed by atoms with Gasteiger partial charge in [-0.25, -0.2) is 0 Å². The summed E-state index contributed by atoms with van der Waals surface area (Å²) >= 11 is 0. The lowest BCUT2D eigenvalue weighted by Gasteiger charge is -2.40. The summed E-state index contributed by atoms with van der Waals surface area (Å²) < 4.78 is 0. The van der Waals surface area contributed by atoms with E-state index < -0.39 is 0 Å². The number of hydrogen-bond acceptors (Lipinski definition) is 1. The first-order chi connectivity index (χ1) is 13.7. The molecule has 1 nitrogen and oxygen atoms in total. The molecule has 5 aliphatic rings. The van der Waals surface area contributed by atoms with Gasteiger partial charge in [-0.2, -0.15) is 0 Å². The lowest BCUT2D eigenvalue weighted by molar-refractivity contribution is 0.0882. The molecule has 9 atom stereocenters. The molecule has 1 heterocycles. The summed E-state index contributed by atoms with van der Waals surface area (Å²) in [6.45, 7) is 11.8. The number of hydrogen-bond donors (Lipinski definition) is 0. The quantitative estimate of drug-likeness (QED) is 0.440. The second-order valence-electron chi connectivity index (χ2n) is 12.1. The lowest BCUT2D eigenvalue weighted by Crippen LogP contribution is -2.36. The summed E-state index contributed by atoms with van der Waals surface area (Å²) in [5.41, 5.74) is 0. The topological polar surface area (TPSA) is 3.24 Å². The molecule has 9 unspecified atom stereocenters. The van der Waals surface area contributed by atoms with E-state index in [0.717, 1.165) is 47.3 Å². The smallest absolute Gasteiger partial charge is 0.00125 e. The zero-order valence-electron chi connectivity index (χ0n) is 19.1. The summed E-state index contributed by atoms with van der Waals surface area (Å²) in [6, 6.07) is 0. The van der Waals surface area contributed by atoms with E-state index in [1.807, 2.05) is 0 Å². The van der Waals surface area contributed by atoms with Crippen LogP contribution in [0.2, 0.25) is 0 Å². The molecule has 4 aliphatic carbocycles. The van der Waals surface area contributed by atoms with Crippen molar-refractivity contribution in [2.75, 3.05) is 19.6 Å². The fraction of sp³-hybridized carbons (Fsp3) is 1.00. The molecule has 0 bridgehead atoms. The molecular formula is C27H47N. The molecule has 1 heteroatoms. The van der Waals surface area contributed by atoms with Crippen molar-refractivity contribution in [2.45, 2.75) is 91.4 Å². The average molecular weight is 386 g/mol. The Labute approximate surface area is 175 Å². The number of fused-ring (bicyclic) bond motifs is 1. The zero-order valence-corrected chi connectivity index (χ0v) is 19.1. The Hall–Kier alpha value is -0.0400. The van der Waals surface area contributed by atoms with Crippen molar-refractivity contribution in [3.05, 3.63) is 0 Å². The van der Waals surface area contributed by atoms with Crippen molar-refractivity contribution in [1.82, 2.24) is 4.90 Å². The van der Waals surface area contributed by atoms with Crippen LogP contribution < -0.4 is 0 Å². The van der Waals surface area contributed by atoms with Crippen molar-refractivity contribution in [2.24, 2.45) is 59.2 Å². The van der Waals surface area contributed by atoms with Gasteiger partial charge in [0.15, 0.2) is 0 Å². The molecule has 0 radical (unpaired) electrons. The molecule has 5 fully saturated rings. The fourth-order valence-corrected chi connectivity index (χ4v) is 7.92. The largest absolute Gasteiger partial charge is 0.303 e. The van der Waals surface area contributed by atoms with E-state index in [9.17, 15) is 0 Å². The maximum absolute atomic E-state index is 2.92. The zero-order chi connectivity index (χ0) is 19.3. The molecule has 28 heavy (non-hydrogen) atoms. The van der Waals surface area contributed by atoms with E-state index in [-0.39, 0.29) is 0 Å². The third-order valence-electron chi connectivity index (χ3n) is 10.6. The third kappa shape index (κ3) is 3.95. The summed E-state index contributed by atoms with van der Waals surface area (Å²) in [7, 11) is 0. The molecule has 4 saturated carbocycles. The van der Waals surface area contributed by atoms with Crippen LogP contribution in [0.3, 0.4) is 0 Å². The standard InChI is InChI=1S/C27H47N/c1-4-18(2)19(3)27(21-9-7-10-21)26-16-23(26)17-28-12-6-5-8-20(11-13-28)24-14-22-15-25(22)24/h18-27H,4-17H2,1-3H3. The summed E-state index contributed by atoms with van der Waals surface area (Å²) in [5, 5.41) is 0. The van der Waals surface area contributed by atoms with Crippen molar-refractivity contribution in [3.63, 3.8) is 0 Å². The summed E-state index contributed by atoms with van der Waals surface area (Å²) in [4.78, 5) is 2.92. The Balaban J connectivity index is 1.13. The van der Waals surface area contributed by atoms with Gasteiger partial charge in [0, 0.05) is 6.54 Å². The minimum atomic E-state index is 0.919. The van der Waals surface area contributed by atoms with Gasteiger partial charge in [-0.1, -0.05) is 59.3 Å². The minimum absolute atomic E-state index is 0.919. The van der Waals surface area contributed by atoms with Crippen molar-refractivity contribution >= 4 is 0 Å². The normalized spacial score (nSPS) is 44.2. The van der Waals surface area contributed by atoms with Crippen LogP contribution in [0.25, 0.3) is 0 Å². The van der Waals surface area contributed by atoms with E-state index >= 15 is 0 Å². The lowest BCUT2D eigenvalue weighted by atomic mass is 9.65. The van der Waals surface area contributed by atoms with Crippen molar-refractivity contribution in [1.29, 1.82) is 0 Å². The highest BCUT2D eigenvalue weighted by Gasteiger charge is 2.55. The molecule has 0 N–H and O–H groups in total. The Morgan fingerprint density at radius 1 is 0.821 bits per heavy atom. The molecule has 1 aliphatic heterocycles. The number of likely N-dealkylation sites (tertiary alicyclic amines) is 1. The van der Waals surface area contributed by atoms with E-state index in [4.69, 9.17) is 0 Å². The van der Waals surface area contributed by atoms with E-state index in [1.54, 1.807) is 38.5 Å². The maximum atomic E-state index is 2.92. The third-order valence-corrected chi connectivity index (χ3v) is 10.6. The first-order valence-electron chi connectivity index (χ1n) is 13.4. The van der Waals surface area contributed by atoms with E-state index in [2.05, 4.69) is 25.7 Å². The van der Waals surface area contributed by atoms with Crippen LogP contribution in [0.4, 0.5) is 0 Å². The summed E-state index contributed by atoms with van der Waals surface area (Å²) in [6.07, 6.45) is 16.8. The second kappa shape index (κ2) is 8.24. The Kier molecular flexibility index (Phi) is 5.85. The van der Waals surface area contributed by atoms with Gasteiger partial charge in [-0.15, -0.1) is 0 Å². The van der Waals surface area contributed by atoms with Crippen LogP contribution in [0, 0.1) is 59.2 Å². The van der Waals surface area contributed by atoms with Gasteiger partial charge in [0.25, 0.3) is 0 Å². The van der Waals surface area contributed by atoms with Crippen LogP contribution in [0.15, 0.2) is 0 Å². The monoisotopic (exact) mass is 385 g/mol. The molecule has 0 spiro atoms. The van der Waals surface area contributed by atoms with Gasteiger partial charge in [-0.05, 0) is 104 Å². The minimum Gasteiger partial charge on any atom is -0.303 e. The van der Waals surface area contributed by atoms with Crippen LogP contribution in [-0.2, 0) is 0 Å². The van der Waals surface area contributed by atoms with Gasteiger partial charge >= 0.3 is 0 Å². The molecule has 160 valence electrons. The SMILES string of the molecule is CCC(C)C(C)C(C1CCC1)C1CC1CN1CCCCC(C2CC3CC32)CC1. The molecule has 0 aromatic heterocycles. The predicted molar refractivity (Wildman–Crippen MR) is 119 cm³/mol. The van der Waals surface area contributed by atoms with Crippen molar-refractivity contribution < 1.29 is 0 Å². The Morgan fingerprint density at radius 2 is 1.61 bits per heavy atom. The molecule has 5 rings (SSSR count). The highest BCUT2D eigenvalue weighted by molar-refractivity contribution is 5.05.